The lowest BCUT2D eigenvalue weighted by molar-refractivity contribution is -0.131. The van der Waals surface area contributed by atoms with Crippen LogP contribution in [0.25, 0.3) is 0 Å². The summed E-state index contributed by atoms with van der Waals surface area (Å²) in [6.45, 7) is 3.43. The normalized spacial score (nSPS) is 16.2. The van der Waals surface area contributed by atoms with Crippen molar-refractivity contribution in [2.24, 2.45) is 0 Å². The summed E-state index contributed by atoms with van der Waals surface area (Å²) in [5.41, 5.74) is 1.18. The second-order valence-corrected chi connectivity index (χ2v) is 11.4. The van der Waals surface area contributed by atoms with Crippen LogP contribution in [0.4, 0.5) is 0 Å². The summed E-state index contributed by atoms with van der Waals surface area (Å²) in [6.07, 6.45) is 0.844. The second-order valence-electron chi connectivity index (χ2n) is 6.96. The van der Waals surface area contributed by atoms with Crippen LogP contribution in [0.1, 0.15) is 12.0 Å². The van der Waals surface area contributed by atoms with E-state index < -0.39 is 10.0 Å². The maximum absolute atomic E-state index is 12.7. The van der Waals surface area contributed by atoms with Gasteiger partial charge in [0.25, 0.3) is 10.0 Å². The van der Waals surface area contributed by atoms with Gasteiger partial charge in [-0.2, -0.15) is 4.31 Å². The Labute approximate surface area is 185 Å². The maximum atomic E-state index is 12.7. The molecule has 1 aliphatic rings. The fraction of sp³-hybridized carbons (Fsp3) is 0.421. The first-order valence-electron chi connectivity index (χ1n) is 9.22. The van der Waals surface area contributed by atoms with Gasteiger partial charge in [-0.05, 0) is 36.2 Å². The highest BCUT2D eigenvalue weighted by molar-refractivity contribution is 7.91. The van der Waals surface area contributed by atoms with Gasteiger partial charge in [-0.1, -0.05) is 35.3 Å². The highest BCUT2D eigenvalue weighted by Crippen LogP contribution is 2.27. The van der Waals surface area contributed by atoms with Crippen molar-refractivity contribution in [3.05, 3.63) is 51.3 Å². The number of sulfonamides is 1. The fourth-order valence-corrected chi connectivity index (χ4v) is 6.13. The third-order valence-electron chi connectivity index (χ3n) is 4.83. The SMILES string of the molecule is CN(CC(=O)N1CCCN(Cc2ccc(Cl)cc2)CC1)S(=O)(=O)c1ccc(Cl)s1. The number of nitrogens with zero attached hydrogens (tertiary/aromatic N) is 3. The molecule has 29 heavy (non-hydrogen) atoms. The van der Waals surface area contributed by atoms with Crippen LogP contribution in [0.2, 0.25) is 9.36 Å². The molecule has 1 aliphatic heterocycles. The molecule has 0 saturated carbocycles. The van der Waals surface area contributed by atoms with Gasteiger partial charge in [-0.25, -0.2) is 8.42 Å². The number of hydrogen-bond donors (Lipinski definition) is 0. The van der Waals surface area contributed by atoms with E-state index in [2.05, 4.69) is 4.90 Å². The Hall–Kier alpha value is -1.16. The van der Waals surface area contributed by atoms with E-state index in [-0.39, 0.29) is 16.7 Å². The van der Waals surface area contributed by atoms with E-state index in [4.69, 9.17) is 23.2 Å². The van der Waals surface area contributed by atoms with Crippen molar-refractivity contribution >= 4 is 50.5 Å². The van der Waals surface area contributed by atoms with Crippen LogP contribution in [0.3, 0.4) is 0 Å². The van der Waals surface area contributed by atoms with Gasteiger partial charge in [0.05, 0.1) is 10.9 Å². The first kappa shape index (κ1) is 22.5. The van der Waals surface area contributed by atoms with Crippen LogP contribution in [0, 0.1) is 0 Å². The van der Waals surface area contributed by atoms with Gasteiger partial charge in [0.15, 0.2) is 0 Å². The molecule has 0 radical (unpaired) electrons. The molecular formula is C19H23Cl2N3O3S2. The molecule has 1 aromatic heterocycles. The molecule has 0 bridgehead atoms. The minimum absolute atomic E-state index is 0.141. The molecule has 10 heteroatoms. The van der Waals surface area contributed by atoms with Crippen molar-refractivity contribution in [1.29, 1.82) is 0 Å². The number of hydrogen-bond acceptors (Lipinski definition) is 5. The minimum atomic E-state index is -3.72. The number of likely N-dealkylation sites (N-methyl/N-ethyl adjacent to an activating group) is 1. The fourth-order valence-electron chi connectivity index (χ4n) is 3.19. The topological polar surface area (TPSA) is 60.9 Å². The van der Waals surface area contributed by atoms with Gasteiger partial charge in [0.1, 0.15) is 4.21 Å². The number of benzene rings is 1. The van der Waals surface area contributed by atoms with Crippen molar-refractivity contribution in [3.8, 4) is 0 Å². The summed E-state index contributed by atoms with van der Waals surface area (Å²) in [5, 5.41) is 0.713. The first-order chi connectivity index (χ1) is 13.8. The molecule has 0 aliphatic carbocycles. The zero-order valence-corrected chi connectivity index (χ0v) is 19.2. The summed E-state index contributed by atoms with van der Waals surface area (Å²) >= 11 is 12.8. The van der Waals surface area contributed by atoms with Crippen LogP contribution in [-0.4, -0.2) is 68.2 Å². The minimum Gasteiger partial charge on any atom is -0.340 e. The van der Waals surface area contributed by atoms with E-state index in [1.54, 1.807) is 11.0 Å². The molecule has 1 aromatic carbocycles. The quantitative estimate of drug-likeness (QED) is 0.641. The molecule has 0 spiro atoms. The van der Waals surface area contributed by atoms with Crippen LogP contribution in [0.5, 0.6) is 0 Å². The van der Waals surface area contributed by atoms with Crippen molar-refractivity contribution in [3.63, 3.8) is 0 Å². The lowest BCUT2D eigenvalue weighted by Crippen LogP contribution is -2.42. The van der Waals surface area contributed by atoms with Gasteiger partial charge >= 0.3 is 0 Å². The van der Waals surface area contributed by atoms with Crippen molar-refractivity contribution in [2.75, 3.05) is 39.8 Å². The monoisotopic (exact) mass is 475 g/mol. The molecule has 6 nitrogen and oxygen atoms in total. The Morgan fingerprint density at radius 3 is 2.45 bits per heavy atom. The average Bonchev–Trinajstić information content (AvgIpc) is 2.99. The van der Waals surface area contributed by atoms with Gasteiger partial charge in [0, 0.05) is 44.8 Å². The van der Waals surface area contributed by atoms with Gasteiger partial charge in [-0.3, -0.25) is 9.69 Å². The highest BCUT2D eigenvalue weighted by atomic mass is 35.5. The summed E-state index contributed by atoms with van der Waals surface area (Å²) < 4.78 is 26.8. The molecule has 2 heterocycles. The predicted octanol–water partition coefficient (Wildman–Crippen LogP) is 3.41. The molecule has 1 fully saturated rings. The zero-order chi connectivity index (χ0) is 21.0. The standard InChI is InChI=1S/C19H23Cl2N3O3S2/c1-22(29(26,27)19-8-7-17(21)28-19)14-18(25)24-10-2-9-23(11-12-24)13-15-3-5-16(20)6-4-15/h3-8H,2,9-14H2,1H3. The lowest BCUT2D eigenvalue weighted by Gasteiger charge is -2.24. The lowest BCUT2D eigenvalue weighted by atomic mass is 10.2. The number of rotatable bonds is 6. The van der Waals surface area contributed by atoms with E-state index in [9.17, 15) is 13.2 Å². The second kappa shape index (κ2) is 9.76. The van der Waals surface area contributed by atoms with E-state index in [0.717, 1.165) is 41.7 Å². The average molecular weight is 476 g/mol. The summed E-state index contributed by atoms with van der Waals surface area (Å²) in [5.74, 6) is -0.188. The summed E-state index contributed by atoms with van der Waals surface area (Å²) in [6, 6.07) is 10.8. The van der Waals surface area contributed by atoms with Crippen molar-refractivity contribution in [1.82, 2.24) is 14.1 Å². The molecular weight excluding hydrogens is 453 g/mol. The molecule has 0 N–H and O–H groups in total. The van der Waals surface area contributed by atoms with E-state index in [1.807, 2.05) is 24.3 Å². The molecule has 158 valence electrons. The van der Waals surface area contributed by atoms with E-state index in [0.29, 0.717) is 22.4 Å². The maximum Gasteiger partial charge on any atom is 0.252 e. The molecule has 0 atom stereocenters. The highest BCUT2D eigenvalue weighted by Gasteiger charge is 2.27. The number of thiophene rings is 1. The zero-order valence-electron chi connectivity index (χ0n) is 16.1. The van der Waals surface area contributed by atoms with E-state index >= 15 is 0 Å². The van der Waals surface area contributed by atoms with Gasteiger partial charge in [0.2, 0.25) is 5.91 Å². The van der Waals surface area contributed by atoms with Crippen LogP contribution < -0.4 is 0 Å². The van der Waals surface area contributed by atoms with Gasteiger partial charge < -0.3 is 4.90 Å². The Morgan fingerprint density at radius 1 is 1.07 bits per heavy atom. The van der Waals surface area contributed by atoms with Crippen molar-refractivity contribution < 1.29 is 13.2 Å². The molecule has 1 amide bonds. The van der Waals surface area contributed by atoms with Gasteiger partial charge in [-0.15, -0.1) is 11.3 Å². The summed E-state index contributed by atoms with van der Waals surface area (Å²) in [7, 11) is -2.30. The third-order valence-corrected chi connectivity index (χ3v) is 8.59. The number of carbonyl (C=O) groups excluding carboxylic acids is 1. The number of amides is 1. The molecule has 2 aromatic rings. The van der Waals surface area contributed by atoms with Crippen molar-refractivity contribution in [2.45, 2.75) is 17.2 Å². The summed E-state index contributed by atoms with van der Waals surface area (Å²) in [4.78, 5) is 16.8. The number of carbonyl (C=O) groups is 1. The Bertz CT molecular complexity index is 948. The molecule has 3 rings (SSSR count). The van der Waals surface area contributed by atoms with Crippen LogP contribution >= 0.6 is 34.5 Å². The largest absolute Gasteiger partial charge is 0.340 e. The third kappa shape index (κ3) is 5.93. The predicted molar refractivity (Wildman–Crippen MR) is 117 cm³/mol. The Kier molecular flexibility index (Phi) is 7.58. The smallest absolute Gasteiger partial charge is 0.252 e. The first-order valence-corrected chi connectivity index (χ1v) is 12.2. The van der Waals surface area contributed by atoms with Crippen LogP contribution in [-0.2, 0) is 21.4 Å². The molecule has 1 saturated heterocycles. The molecule has 0 unspecified atom stereocenters. The number of halogens is 2. The van der Waals surface area contributed by atoms with Crippen LogP contribution in [0.15, 0.2) is 40.6 Å². The Morgan fingerprint density at radius 2 is 1.79 bits per heavy atom. The Balaban J connectivity index is 1.55. The van der Waals surface area contributed by atoms with E-state index in [1.165, 1.54) is 18.7 Å².